The molecule has 2 aromatic heterocycles. The Morgan fingerprint density at radius 1 is 1.14 bits per heavy atom. The fourth-order valence-electron chi connectivity index (χ4n) is 3.83. The molecule has 3 aliphatic carbocycles. The van der Waals surface area contributed by atoms with E-state index in [9.17, 15) is 14.4 Å². The number of carbonyl (C=O) groups excluding carboxylic acids is 3. The average Bonchev–Trinajstić information content (AvgIpc) is 3.24. The second-order valence-corrected chi connectivity index (χ2v) is 9.25. The highest BCUT2D eigenvalue weighted by molar-refractivity contribution is 7.17. The molecule has 0 radical (unpaired) electrons. The number of hydrogen-bond donors (Lipinski definition) is 3. The van der Waals surface area contributed by atoms with Crippen molar-refractivity contribution in [3.05, 3.63) is 28.0 Å². The highest BCUT2D eigenvalue weighted by Gasteiger charge is 2.34. The summed E-state index contributed by atoms with van der Waals surface area (Å²) in [6, 6.07) is 2.00. The standard InChI is InChI=1S/C20H23N5O3S/c26-16-7-12(18(27)21-9-13-8-14(25-24-13)10-4-5-10)6-15-17(16)29-20(22-15)23-19(28)11-2-1-3-11/h8,10-12H,1-7,9H2,(H,21,27)(H,24,25)(H,22,23,28). The predicted octanol–water partition coefficient (Wildman–Crippen LogP) is 2.54. The number of thiazole rings is 1. The van der Waals surface area contributed by atoms with Gasteiger partial charge in [-0.05, 0) is 31.7 Å². The van der Waals surface area contributed by atoms with Crippen molar-refractivity contribution < 1.29 is 14.4 Å². The predicted molar refractivity (Wildman–Crippen MR) is 107 cm³/mol. The molecule has 29 heavy (non-hydrogen) atoms. The molecule has 1 atom stereocenters. The molecular formula is C20H23N5O3S. The molecule has 2 fully saturated rings. The van der Waals surface area contributed by atoms with Gasteiger partial charge in [0.15, 0.2) is 10.9 Å². The minimum absolute atomic E-state index is 0.0192. The Hall–Kier alpha value is -2.55. The molecule has 2 aromatic rings. The van der Waals surface area contributed by atoms with Crippen molar-refractivity contribution in [2.24, 2.45) is 11.8 Å². The second kappa shape index (κ2) is 7.37. The SMILES string of the molecule is O=C1CC(C(=O)NCc2cc(C3CC3)n[nH]2)Cc2nc(NC(=O)C3CCC3)sc21. The molecule has 9 heteroatoms. The van der Waals surface area contributed by atoms with Gasteiger partial charge in [0.1, 0.15) is 0 Å². The van der Waals surface area contributed by atoms with E-state index in [1.807, 2.05) is 6.07 Å². The molecule has 1 unspecified atom stereocenters. The van der Waals surface area contributed by atoms with Crippen LogP contribution < -0.4 is 10.6 Å². The number of amides is 2. The molecule has 0 aliphatic heterocycles. The number of H-pyrrole nitrogens is 1. The molecule has 0 aromatic carbocycles. The summed E-state index contributed by atoms with van der Waals surface area (Å²) < 4.78 is 0. The van der Waals surface area contributed by atoms with Gasteiger partial charge in [-0.25, -0.2) is 4.98 Å². The Balaban J connectivity index is 1.19. The maximum atomic E-state index is 12.6. The summed E-state index contributed by atoms with van der Waals surface area (Å²) in [5.41, 5.74) is 2.55. The van der Waals surface area contributed by atoms with Gasteiger partial charge in [0, 0.05) is 24.7 Å². The summed E-state index contributed by atoms with van der Waals surface area (Å²) in [7, 11) is 0. The minimum atomic E-state index is -0.432. The highest BCUT2D eigenvalue weighted by Crippen LogP contribution is 2.39. The van der Waals surface area contributed by atoms with Gasteiger partial charge >= 0.3 is 0 Å². The topological polar surface area (TPSA) is 117 Å². The average molecular weight is 414 g/mol. The van der Waals surface area contributed by atoms with Crippen LogP contribution in [-0.2, 0) is 22.6 Å². The number of anilines is 1. The van der Waals surface area contributed by atoms with E-state index in [-0.39, 0.29) is 29.9 Å². The first-order valence-electron chi connectivity index (χ1n) is 10.2. The lowest BCUT2D eigenvalue weighted by Gasteiger charge is -2.23. The fourth-order valence-corrected chi connectivity index (χ4v) is 4.78. The van der Waals surface area contributed by atoms with Gasteiger partial charge in [0.05, 0.1) is 34.4 Å². The summed E-state index contributed by atoms with van der Waals surface area (Å²) in [5, 5.41) is 13.5. The maximum absolute atomic E-state index is 12.6. The van der Waals surface area contributed by atoms with Gasteiger partial charge in [-0.15, -0.1) is 0 Å². The number of aromatic nitrogens is 3. The number of rotatable bonds is 6. The highest BCUT2D eigenvalue weighted by atomic mass is 32.1. The largest absolute Gasteiger partial charge is 0.350 e. The number of nitrogens with one attached hydrogen (secondary N) is 3. The number of aromatic amines is 1. The van der Waals surface area contributed by atoms with E-state index in [1.165, 1.54) is 24.2 Å². The molecule has 3 N–H and O–H groups in total. The third kappa shape index (κ3) is 3.83. The Morgan fingerprint density at radius 3 is 2.69 bits per heavy atom. The van der Waals surface area contributed by atoms with Gasteiger partial charge in [-0.1, -0.05) is 17.8 Å². The number of hydrogen-bond acceptors (Lipinski definition) is 6. The van der Waals surface area contributed by atoms with Crippen LogP contribution >= 0.6 is 11.3 Å². The fraction of sp³-hybridized carbons (Fsp3) is 0.550. The third-order valence-electron chi connectivity index (χ3n) is 6.00. The molecule has 0 saturated heterocycles. The summed E-state index contributed by atoms with van der Waals surface area (Å²) in [6.45, 7) is 0.371. The van der Waals surface area contributed by atoms with E-state index in [4.69, 9.17) is 0 Å². The first-order valence-corrected chi connectivity index (χ1v) is 11.0. The molecule has 2 amide bonds. The van der Waals surface area contributed by atoms with Gasteiger partial charge < -0.3 is 10.6 Å². The van der Waals surface area contributed by atoms with Crippen molar-refractivity contribution in [3.63, 3.8) is 0 Å². The zero-order chi connectivity index (χ0) is 20.0. The van der Waals surface area contributed by atoms with E-state index >= 15 is 0 Å². The lowest BCUT2D eigenvalue weighted by molar-refractivity contribution is -0.125. The number of ketones is 1. The molecule has 152 valence electrons. The van der Waals surface area contributed by atoms with Crippen LogP contribution in [0.25, 0.3) is 0 Å². The Labute approximate surface area is 171 Å². The van der Waals surface area contributed by atoms with Crippen LogP contribution in [0.15, 0.2) is 6.07 Å². The van der Waals surface area contributed by atoms with Crippen LogP contribution in [0.4, 0.5) is 5.13 Å². The molecule has 0 bridgehead atoms. The van der Waals surface area contributed by atoms with Crippen LogP contribution in [0, 0.1) is 11.8 Å². The number of fused-ring (bicyclic) bond motifs is 1. The van der Waals surface area contributed by atoms with Gasteiger partial charge in [-0.2, -0.15) is 5.10 Å². The van der Waals surface area contributed by atoms with E-state index in [0.29, 0.717) is 34.6 Å². The van der Waals surface area contributed by atoms with Crippen molar-refractivity contribution in [2.75, 3.05) is 5.32 Å². The summed E-state index contributed by atoms with van der Waals surface area (Å²) in [6.07, 6.45) is 5.86. The van der Waals surface area contributed by atoms with Gasteiger partial charge in [0.25, 0.3) is 0 Å². The molecule has 0 spiro atoms. The number of nitrogens with zero attached hydrogens (tertiary/aromatic N) is 2. The van der Waals surface area contributed by atoms with Gasteiger partial charge in [0.2, 0.25) is 11.8 Å². The first kappa shape index (κ1) is 18.5. The van der Waals surface area contributed by atoms with Crippen molar-refractivity contribution in [2.45, 2.75) is 57.4 Å². The zero-order valence-electron chi connectivity index (χ0n) is 16.0. The normalized spacial score (nSPS) is 21.4. The summed E-state index contributed by atoms with van der Waals surface area (Å²) in [5.74, 6) is -0.0562. The van der Waals surface area contributed by atoms with E-state index < -0.39 is 5.92 Å². The van der Waals surface area contributed by atoms with E-state index in [2.05, 4.69) is 25.8 Å². The quantitative estimate of drug-likeness (QED) is 0.673. The van der Waals surface area contributed by atoms with Crippen LogP contribution in [0.2, 0.25) is 0 Å². The Kier molecular flexibility index (Phi) is 4.69. The van der Waals surface area contributed by atoms with Crippen LogP contribution in [-0.4, -0.2) is 32.8 Å². The van der Waals surface area contributed by atoms with Crippen LogP contribution in [0.5, 0.6) is 0 Å². The Morgan fingerprint density at radius 2 is 1.97 bits per heavy atom. The Bertz CT molecular complexity index is 973. The summed E-state index contributed by atoms with van der Waals surface area (Å²) >= 11 is 1.22. The third-order valence-corrected chi connectivity index (χ3v) is 7.05. The number of Topliss-reactive ketones (excluding diaryl/α,β-unsaturated/α-hetero) is 1. The molecule has 5 rings (SSSR count). The van der Waals surface area contributed by atoms with Crippen LogP contribution in [0.3, 0.4) is 0 Å². The van der Waals surface area contributed by atoms with Gasteiger partial charge in [-0.3, -0.25) is 19.5 Å². The monoisotopic (exact) mass is 413 g/mol. The molecular weight excluding hydrogens is 390 g/mol. The molecule has 8 nitrogen and oxygen atoms in total. The first-order chi connectivity index (χ1) is 14.1. The number of carbonyl (C=O) groups is 3. The van der Waals surface area contributed by atoms with Crippen molar-refractivity contribution in [1.82, 2.24) is 20.5 Å². The van der Waals surface area contributed by atoms with E-state index in [1.54, 1.807) is 0 Å². The molecule has 3 aliphatic rings. The molecule has 2 heterocycles. The van der Waals surface area contributed by atoms with E-state index in [0.717, 1.165) is 30.7 Å². The zero-order valence-corrected chi connectivity index (χ0v) is 16.8. The lowest BCUT2D eigenvalue weighted by atomic mass is 9.85. The smallest absolute Gasteiger partial charge is 0.229 e. The lowest BCUT2D eigenvalue weighted by Crippen LogP contribution is -2.35. The van der Waals surface area contributed by atoms with Crippen molar-refractivity contribution in [3.8, 4) is 0 Å². The van der Waals surface area contributed by atoms with Crippen molar-refractivity contribution >= 4 is 34.1 Å². The van der Waals surface area contributed by atoms with Crippen LogP contribution in [0.1, 0.15) is 71.2 Å². The molecule has 2 saturated carbocycles. The minimum Gasteiger partial charge on any atom is -0.350 e. The maximum Gasteiger partial charge on any atom is 0.229 e. The summed E-state index contributed by atoms with van der Waals surface area (Å²) in [4.78, 5) is 42.3. The second-order valence-electron chi connectivity index (χ2n) is 8.25. The van der Waals surface area contributed by atoms with Crippen molar-refractivity contribution in [1.29, 1.82) is 0 Å².